The molecule has 0 bridgehead atoms. The third kappa shape index (κ3) is 3.91. The van der Waals surface area contributed by atoms with Gasteiger partial charge in [0, 0.05) is 31.7 Å². The van der Waals surface area contributed by atoms with E-state index in [4.69, 9.17) is 4.74 Å². The van der Waals surface area contributed by atoms with Crippen molar-refractivity contribution in [3.63, 3.8) is 0 Å². The molecule has 148 valence electrons. The van der Waals surface area contributed by atoms with Gasteiger partial charge in [0.05, 0.1) is 18.1 Å². The van der Waals surface area contributed by atoms with Crippen LogP contribution in [-0.4, -0.2) is 62.9 Å². The molecule has 2 heterocycles. The van der Waals surface area contributed by atoms with Gasteiger partial charge in [-0.05, 0) is 48.9 Å². The summed E-state index contributed by atoms with van der Waals surface area (Å²) in [5.41, 5.74) is 0.574. The highest BCUT2D eigenvalue weighted by Crippen LogP contribution is 2.36. The Hall–Kier alpha value is -1.44. The number of nitrogens with zero attached hydrogens (tertiary/aromatic N) is 2. The Bertz CT molecular complexity index is 772. The van der Waals surface area contributed by atoms with E-state index in [0.717, 1.165) is 25.4 Å². The molecule has 1 amide bonds. The van der Waals surface area contributed by atoms with Crippen molar-refractivity contribution >= 4 is 15.9 Å². The maximum Gasteiger partial charge on any atom is 0.253 e. The van der Waals surface area contributed by atoms with Crippen LogP contribution >= 0.6 is 0 Å². The quantitative estimate of drug-likeness (QED) is 0.792. The lowest BCUT2D eigenvalue weighted by Crippen LogP contribution is -2.44. The van der Waals surface area contributed by atoms with Crippen LogP contribution < -0.4 is 0 Å². The van der Waals surface area contributed by atoms with Crippen LogP contribution in [0.15, 0.2) is 29.2 Å². The Kier molecular flexibility index (Phi) is 5.53. The van der Waals surface area contributed by atoms with Crippen LogP contribution in [0.5, 0.6) is 0 Å². The number of carbonyl (C=O) groups is 1. The zero-order valence-electron chi connectivity index (χ0n) is 15.7. The SMILES string of the molecule is O=C(c1ccc(S(=O)(=O)N2CCOCC2)cc1)N1CC[C@H]2CCCC[C@@H]2C1. The number of likely N-dealkylation sites (tertiary alicyclic amines) is 1. The lowest BCUT2D eigenvalue weighted by molar-refractivity contribution is 0.0521. The first-order valence-corrected chi connectivity index (χ1v) is 11.5. The van der Waals surface area contributed by atoms with Crippen LogP contribution in [0.2, 0.25) is 0 Å². The summed E-state index contributed by atoms with van der Waals surface area (Å²) in [5.74, 6) is 1.44. The maximum atomic E-state index is 12.9. The number of hydrogen-bond donors (Lipinski definition) is 0. The molecule has 0 aromatic heterocycles. The lowest BCUT2D eigenvalue weighted by atomic mass is 9.75. The van der Waals surface area contributed by atoms with Gasteiger partial charge in [0.15, 0.2) is 0 Å². The zero-order chi connectivity index (χ0) is 18.9. The van der Waals surface area contributed by atoms with Gasteiger partial charge in [0.1, 0.15) is 0 Å². The summed E-state index contributed by atoms with van der Waals surface area (Å²) in [7, 11) is -3.52. The molecule has 6 nitrogen and oxygen atoms in total. The second kappa shape index (κ2) is 7.89. The Balaban J connectivity index is 1.44. The molecule has 0 spiro atoms. The molecule has 0 N–H and O–H groups in total. The Morgan fingerprint density at radius 3 is 2.30 bits per heavy atom. The molecule has 3 aliphatic rings. The van der Waals surface area contributed by atoms with E-state index in [2.05, 4.69) is 0 Å². The standard InChI is InChI=1S/C20H28N2O4S/c23-20(21-10-9-16-3-1-2-4-18(16)15-21)17-5-7-19(8-6-17)27(24,25)22-11-13-26-14-12-22/h5-8,16,18H,1-4,9-15H2/t16-,18-/m1/s1. The summed E-state index contributed by atoms with van der Waals surface area (Å²) in [6.07, 6.45) is 6.23. The van der Waals surface area contributed by atoms with Gasteiger partial charge in [-0.3, -0.25) is 4.79 Å². The minimum Gasteiger partial charge on any atom is -0.379 e. The largest absolute Gasteiger partial charge is 0.379 e. The highest BCUT2D eigenvalue weighted by molar-refractivity contribution is 7.89. The average molecular weight is 393 g/mol. The van der Waals surface area contributed by atoms with E-state index in [1.54, 1.807) is 24.3 Å². The van der Waals surface area contributed by atoms with Crippen LogP contribution in [0.3, 0.4) is 0 Å². The van der Waals surface area contributed by atoms with E-state index >= 15 is 0 Å². The predicted octanol–water partition coefficient (Wildman–Crippen LogP) is 2.36. The molecule has 1 aromatic rings. The number of sulfonamides is 1. The van der Waals surface area contributed by atoms with E-state index < -0.39 is 10.0 Å². The van der Waals surface area contributed by atoms with Gasteiger partial charge in [-0.2, -0.15) is 4.31 Å². The molecule has 0 unspecified atom stereocenters. The molecular formula is C20H28N2O4S. The van der Waals surface area contributed by atoms with Crippen LogP contribution in [0.4, 0.5) is 0 Å². The number of morpholine rings is 1. The van der Waals surface area contributed by atoms with Crippen LogP contribution in [0, 0.1) is 11.8 Å². The molecule has 1 aliphatic carbocycles. The van der Waals surface area contributed by atoms with Gasteiger partial charge < -0.3 is 9.64 Å². The van der Waals surface area contributed by atoms with Crippen molar-refractivity contribution in [3.8, 4) is 0 Å². The Morgan fingerprint density at radius 2 is 1.59 bits per heavy atom. The van der Waals surface area contributed by atoms with Crippen molar-refractivity contribution < 1.29 is 17.9 Å². The smallest absolute Gasteiger partial charge is 0.253 e. The fourth-order valence-electron chi connectivity index (χ4n) is 4.67. The highest BCUT2D eigenvalue weighted by Gasteiger charge is 2.33. The summed E-state index contributed by atoms with van der Waals surface area (Å²) >= 11 is 0. The minimum absolute atomic E-state index is 0.0225. The molecule has 3 fully saturated rings. The first-order chi connectivity index (χ1) is 13.1. The molecule has 1 saturated carbocycles. The zero-order valence-corrected chi connectivity index (χ0v) is 16.5. The second-order valence-electron chi connectivity index (χ2n) is 7.89. The normalized spacial score (nSPS) is 27.2. The van der Waals surface area contributed by atoms with Gasteiger partial charge in [0.25, 0.3) is 5.91 Å². The maximum absolute atomic E-state index is 12.9. The molecule has 0 radical (unpaired) electrons. The summed E-state index contributed by atoms with van der Waals surface area (Å²) in [4.78, 5) is 15.1. The summed E-state index contributed by atoms with van der Waals surface area (Å²) in [6, 6.07) is 6.43. The van der Waals surface area contributed by atoms with Crippen molar-refractivity contribution in [3.05, 3.63) is 29.8 Å². The first-order valence-electron chi connectivity index (χ1n) is 10.0. The summed E-state index contributed by atoms with van der Waals surface area (Å²) in [6.45, 7) is 3.25. The summed E-state index contributed by atoms with van der Waals surface area (Å²) in [5, 5.41) is 0. The number of piperidine rings is 1. The lowest BCUT2D eigenvalue weighted by Gasteiger charge is -2.41. The number of amides is 1. The van der Waals surface area contributed by atoms with Crippen LogP contribution in [-0.2, 0) is 14.8 Å². The molecule has 4 rings (SSSR count). The van der Waals surface area contributed by atoms with Gasteiger partial charge in [-0.25, -0.2) is 8.42 Å². The van der Waals surface area contributed by atoms with Gasteiger partial charge in [-0.1, -0.05) is 19.3 Å². The molecule has 2 aliphatic heterocycles. The molecule has 2 atom stereocenters. The highest BCUT2D eigenvalue weighted by atomic mass is 32.2. The molecule has 7 heteroatoms. The number of ether oxygens (including phenoxy) is 1. The molecule has 2 saturated heterocycles. The third-order valence-corrected chi connectivity index (χ3v) is 8.20. The van der Waals surface area contributed by atoms with Crippen molar-refractivity contribution in [1.82, 2.24) is 9.21 Å². The Labute approximate surface area is 161 Å². The molecular weight excluding hydrogens is 364 g/mol. The van der Waals surface area contributed by atoms with Crippen molar-refractivity contribution in [2.24, 2.45) is 11.8 Å². The number of benzene rings is 1. The average Bonchev–Trinajstić information content (AvgIpc) is 2.73. The topological polar surface area (TPSA) is 66.9 Å². The van der Waals surface area contributed by atoms with Crippen LogP contribution in [0.25, 0.3) is 0 Å². The molecule has 27 heavy (non-hydrogen) atoms. The molecule has 1 aromatic carbocycles. The minimum atomic E-state index is -3.52. The van der Waals surface area contributed by atoms with Gasteiger partial charge >= 0.3 is 0 Å². The van der Waals surface area contributed by atoms with Crippen molar-refractivity contribution in [2.45, 2.75) is 37.0 Å². The second-order valence-corrected chi connectivity index (χ2v) is 9.82. The number of rotatable bonds is 3. The van der Waals surface area contributed by atoms with E-state index in [1.165, 1.54) is 30.0 Å². The van der Waals surface area contributed by atoms with E-state index in [-0.39, 0.29) is 10.8 Å². The van der Waals surface area contributed by atoms with Crippen molar-refractivity contribution in [2.75, 3.05) is 39.4 Å². The predicted molar refractivity (Wildman–Crippen MR) is 102 cm³/mol. The fraction of sp³-hybridized carbons (Fsp3) is 0.650. The number of fused-ring (bicyclic) bond motifs is 1. The van der Waals surface area contributed by atoms with E-state index in [1.807, 2.05) is 4.90 Å². The number of carbonyl (C=O) groups excluding carboxylic acids is 1. The van der Waals surface area contributed by atoms with Gasteiger partial charge in [-0.15, -0.1) is 0 Å². The van der Waals surface area contributed by atoms with E-state index in [0.29, 0.717) is 37.8 Å². The Morgan fingerprint density at radius 1 is 0.926 bits per heavy atom. The first kappa shape index (κ1) is 18.9. The van der Waals surface area contributed by atoms with Crippen LogP contribution in [0.1, 0.15) is 42.5 Å². The van der Waals surface area contributed by atoms with E-state index in [9.17, 15) is 13.2 Å². The third-order valence-electron chi connectivity index (χ3n) is 6.29. The fourth-order valence-corrected chi connectivity index (χ4v) is 6.08. The van der Waals surface area contributed by atoms with Crippen molar-refractivity contribution in [1.29, 1.82) is 0 Å². The monoisotopic (exact) mass is 392 g/mol. The summed E-state index contributed by atoms with van der Waals surface area (Å²) < 4.78 is 32.1. The van der Waals surface area contributed by atoms with Gasteiger partial charge in [0.2, 0.25) is 10.0 Å². The number of hydrogen-bond acceptors (Lipinski definition) is 4.